The normalized spacial score (nSPS) is 22.3. The number of piperidine rings is 1. The minimum atomic E-state index is -1.29. The standard InChI is InChI=1S/C32H29ClF2N4O3/c1-32(24-6-5-21(33)14-26(24)35)41-29-4-2-3-23(31(29)42-32)19-7-10-38(11-8-19)18-30-37-27-13-20(16-36)25(34)15-28(27)39(30)17-22-9-12-40-22/h2-6,13-15,19,22H,7-12,17-18H2,1H3. The molecule has 0 amide bonds. The molecular formula is C32H29ClF2N4O3. The summed E-state index contributed by atoms with van der Waals surface area (Å²) in [5.41, 5.74) is 2.65. The van der Waals surface area contributed by atoms with Crippen LogP contribution in [0.5, 0.6) is 11.5 Å². The molecule has 0 spiro atoms. The number of para-hydroxylation sites is 1. The molecule has 0 saturated carbocycles. The van der Waals surface area contributed by atoms with Gasteiger partial charge in [0.1, 0.15) is 23.5 Å². The molecule has 7 rings (SSSR count). The van der Waals surface area contributed by atoms with Crippen molar-refractivity contribution in [2.45, 2.75) is 57.1 Å². The number of benzene rings is 3. The second-order valence-corrected chi connectivity index (χ2v) is 11.8. The molecule has 42 heavy (non-hydrogen) atoms. The summed E-state index contributed by atoms with van der Waals surface area (Å²) in [6, 6.07) is 15.2. The second-order valence-electron chi connectivity index (χ2n) is 11.4. The number of nitrogens with zero attached hydrogens (tertiary/aromatic N) is 4. The molecule has 10 heteroatoms. The summed E-state index contributed by atoms with van der Waals surface area (Å²) in [7, 11) is 0. The van der Waals surface area contributed by atoms with Crippen LogP contribution in [0.2, 0.25) is 5.02 Å². The Morgan fingerprint density at radius 2 is 1.88 bits per heavy atom. The van der Waals surface area contributed by atoms with E-state index in [1.807, 2.05) is 22.8 Å². The van der Waals surface area contributed by atoms with Crippen molar-refractivity contribution >= 4 is 22.6 Å². The first-order chi connectivity index (χ1) is 20.3. The maximum absolute atomic E-state index is 14.8. The van der Waals surface area contributed by atoms with E-state index in [4.69, 9.17) is 30.8 Å². The van der Waals surface area contributed by atoms with Gasteiger partial charge < -0.3 is 18.8 Å². The molecular weight excluding hydrogens is 562 g/mol. The Hall–Kier alpha value is -3.71. The Labute approximate surface area is 247 Å². The molecule has 1 aromatic heterocycles. The van der Waals surface area contributed by atoms with E-state index in [1.54, 1.807) is 19.1 Å². The average Bonchev–Trinajstić information content (AvgIpc) is 3.46. The number of fused-ring (bicyclic) bond motifs is 2. The SMILES string of the molecule is CC1(c2ccc(Cl)cc2F)Oc2cccc(C3CCN(Cc4nc5cc(C#N)c(F)cc5n4CC4CCO4)CC3)c2O1. The van der Waals surface area contributed by atoms with E-state index in [1.165, 1.54) is 18.2 Å². The lowest BCUT2D eigenvalue weighted by atomic mass is 9.88. The lowest BCUT2D eigenvalue weighted by Gasteiger charge is -2.33. The van der Waals surface area contributed by atoms with Crippen LogP contribution in [0, 0.1) is 23.0 Å². The Kier molecular flexibility index (Phi) is 6.81. The van der Waals surface area contributed by atoms with Crippen molar-refractivity contribution in [3.8, 4) is 17.6 Å². The van der Waals surface area contributed by atoms with E-state index in [0.717, 1.165) is 50.3 Å². The van der Waals surface area contributed by atoms with Crippen molar-refractivity contribution < 1.29 is 23.0 Å². The van der Waals surface area contributed by atoms with Gasteiger partial charge in [0.05, 0.1) is 41.4 Å². The molecule has 4 heterocycles. The lowest BCUT2D eigenvalue weighted by molar-refractivity contribution is -0.0712. The Morgan fingerprint density at radius 1 is 1.07 bits per heavy atom. The molecule has 3 aliphatic rings. The second kappa shape index (κ2) is 10.5. The summed E-state index contributed by atoms with van der Waals surface area (Å²) in [6.45, 7) is 5.33. The molecule has 3 aliphatic heterocycles. The molecule has 2 fully saturated rings. The van der Waals surface area contributed by atoms with Gasteiger partial charge in [-0.05, 0) is 68.6 Å². The molecule has 7 nitrogen and oxygen atoms in total. The number of nitriles is 1. The molecule has 0 bridgehead atoms. The first-order valence-electron chi connectivity index (χ1n) is 14.2. The number of halogens is 3. The van der Waals surface area contributed by atoms with E-state index >= 15 is 0 Å². The van der Waals surface area contributed by atoms with Crippen LogP contribution in [0.25, 0.3) is 11.0 Å². The minimum absolute atomic E-state index is 0.00380. The summed E-state index contributed by atoms with van der Waals surface area (Å²) in [5.74, 6) is 0.0343. The van der Waals surface area contributed by atoms with Gasteiger partial charge in [-0.3, -0.25) is 4.90 Å². The summed E-state index contributed by atoms with van der Waals surface area (Å²) in [6.07, 6.45) is 2.83. The van der Waals surface area contributed by atoms with E-state index in [-0.39, 0.29) is 17.6 Å². The van der Waals surface area contributed by atoms with Gasteiger partial charge in [0.2, 0.25) is 0 Å². The number of ether oxygens (including phenoxy) is 3. The van der Waals surface area contributed by atoms with Gasteiger partial charge in [0, 0.05) is 30.2 Å². The van der Waals surface area contributed by atoms with Crippen molar-refractivity contribution in [2.24, 2.45) is 0 Å². The van der Waals surface area contributed by atoms with Crippen LogP contribution in [0.1, 0.15) is 54.6 Å². The van der Waals surface area contributed by atoms with Gasteiger partial charge in [0.15, 0.2) is 11.5 Å². The molecule has 216 valence electrons. The summed E-state index contributed by atoms with van der Waals surface area (Å²) in [5, 5.41) is 9.62. The fourth-order valence-corrected chi connectivity index (χ4v) is 6.44. The highest BCUT2D eigenvalue weighted by molar-refractivity contribution is 6.30. The summed E-state index contributed by atoms with van der Waals surface area (Å²) >= 11 is 5.96. The van der Waals surface area contributed by atoms with Crippen LogP contribution in [-0.2, 0) is 23.6 Å². The smallest absolute Gasteiger partial charge is 0.278 e. The maximum Gasteiger partial charge on any atom is 0.278 e. The van der Waals surface area contributed by atoms with Gasteiger partial charge in [-0.15, -0.1) is 0 Å². The number of likely N-dealkylation sites (tertiary alicyclic amines) is 1. The fraction of sp³-hybridized carbons (Fsp3) is 0.375. The summed E-state index contributed by atoms with van der Waals surface area (Å²) < 4.78 is 49.5. The van der Waals surface area contributed by atoms with Crippen molar-refractivity contribution in [2.75, 3.05) is 19.7 Å². The van der Waals surface area contributed by atoms with Crippen molar-refractivity contribution in [1.82, 2.24) is 14.5 Å². The number of rotatable bonds is 6. The van der Waals surface area contributed by atoms with E-state index in [2.05, 4.69) is 11.0 Å². The maximum atomic E-state index is 14.8. The molecule has 4 aromatic rings. The summed E-state index contributed by atoms with van der Waals surface area (Å²) in [4.78, 5) is 7.17. The Morgan fingerprint density at radius 3 is 2.60 bits per heavy atom. The third-order valence-corrected chi connectivity index (χ3v) is 8.87. The van der Waals surface area contributed by atoms with Crippen LogP contribution < -0.4 is 9.47 Å². The molecule has 0 aliphatic carbocycles. The zero-order chi connectivity index (χ0) is 29.0. The molecule has 2 unspecified atom stereocenters. The first kappa shape index (κ1) is 27.1. The zero-order valence-electron chi connectivity index (χ0n) is 23.1. The van der Waals surface area contributed by atoms with Gasteiger partial charge in [-0.25, -0.2) is 13.8 Å². The van der Waals surface area contributed by atoms with Crippen LogP contribution in [0.4, 0.5) is 8.78 Å². The molecule has 0 radical (unpaired) electrons. The monoisotopic (exact) mass is 590 g/mol. The Balaban J connectivity index is 1.08. The van der Waals surface area contributed by atoms with Crippen LogP contribution in [0.3, 0.4) is 0 Å². The van der Waals surface area contributed by atoms with Crippen LogP contribution >= 0.6 is 11.6 Å². The van der Waals surface area contributed by atoms with Crippen molar-refractivity contribution in [1.29, 1.82) is 5.26 Å². The molecule has 2 saturated heterocycles. The predicted molar refractivity (Wildman–Crippen MR) is 152 cm³/mol. The lowest BCUT2D eigenvalue weighted by Crippen LogP contribution is -2.35. The van der Waals surface area contributed by atoms with E-state index in [0.29, 0.717) is 46.2 Å². The van der Waals surface area contributed by atoms with Gasteiger partial charge in [0.25, 0.3) is 5.79 Å². The van der Waals surface area contributed by atoms with Gasteiger partial charge in [-0.1, -0.05) is 23.7 Å². The molecule has 2 atom stereocenters. The van der Waals surface area contributed by atoms with E-state index < -0.39 is 17.4 Å². The highest BCUT2D eigenvalue weighted by atomic mass is 35.5. The van der Waals surface area contributed by atoms with Crippen LogP contribution in [-0.4, -0.2) is 40.3 Å². The number of imidazole rings is 1. The Bertz CT molecular complexity index is 1730. The highest BCUT2D eigenvalue weighted by Gasteiger charge is 2.43. The van der Waals surface area contributed by atoms with Gasteiger partial charge >= 0.3 is 0 Å². The number of hydrogen-bond donors (Lipinski definition) is 0. The number of aromatic nitrogens is 2. The van der Waals surface area contributed by atoms with Crippen LogP contribution in [0.15, 0.2) is 48.5 Å². The van der Waals surface area contributed by atoms with E-state index in [9.17, 15) is 14.0 Å². The van der Waals surface area contributed by atoms with Gasteiger partial charge in [-0.2, -0.15) is 5.26 Å². The first-order valence-corrected chi connectivity index (χ1v) is 14.6. The van der Waals surface area contributed by atoms with Crippen molar-refractivity contribution in [3.05, 3.63) is 87.7 Å². The largest absolute Gasteiger partial charge is 0.444 e. The zero-order valence-corrected chi connectivity index (χ0v) is 23.8. The van der Waals surface area contributed by atoms with Crippen molar-refractivity contribution in [3.63, 3.8) is 0 Å². The fourth-order valence-electron chi connectivity index (χ4n) is 6.28. The molecule has 3 aromatic carbocycles. The predicted octanol–water partition coefficient (Wildman–Crippen LogP) is 6.65. The quantitative estimate of drug-likeness (QED) is 0.250. The third-order valence-electron chi connectivity index (χ3n) is 8.64. The number of hydrogen-bond acceptors (Lipinski definition) is 6. The minimum Gasteiger partial charge on any atom is -0.444 e. The molecule has 0 N–H and O–H groups in total. The topological polar surface area (TPSA) is 72.5 Å². The third kappa shape index (κ3) is 4.77. The highest BCUT2D eigenvalue weighted by Crippen LogP contribution is 2.50. The average molecular weight is 591 g/mol.